The van der Waals surface area contributed by atoms with Crippen molar-refractivity contribution in [3.63, 3.8) is 0 Å². The molecule has 2 N–H and O–H groups in total. The van der Waals surface area contributed by atoms with E-state index in [9.17, 15) is 4.79 Å². The van der Waals surface area contributed by atoms with Gasteiger partial charge in [-0.3, -0.25) is 4.79 Å². The fourth-order valence-corrected chi connectivity index (χ4v) is 1.66. The molecule has 1 aromatic carbocycles. The zero-order chi connectivity index (χ0) is 14.1. The van der Waals surface area contributed by atoms with Crippen molar-refractivity contribution in [1.29, 1.82) is 0 Å². The van der Waals surface area contributed by atoms with Gasteiger partial charge in [-0.25, -0.2) is 0 Å². The number of unbranched alkanes of at least 4 members (excludes halogenated alkanes) is 1. The first-order valence-electron chi connectivity index (χ1n) is 6.81. The molecule has 0 bridgehead atoms. The van der Waals surface area contributed by atoms with E-state index in [1.807, 2.05) is 24.3 Å². The highest BCUT2D eigenvalue weighted by Gasteiger charge is 2.12. The van der Waals surface area contributed by atoms with E-state index in [4.69, 9.17) is 15.2 Å². The minimum atomic E-state index is -0.330. The van der Waals surface area contributed by atoms with Crippen molar-refractivity contribution < 1.29 is 14.3 Å². The molecule has 0 aliphatic rings. The monoisotopic (exact) mass is 301 g/mol. The lowest BCUT2D eigenvalue weighted by Crippen LogP contribution is -2.17. The van der Waals surface area contributed by atoms with Gasteiger partial charge in [0, 0.05) is 6.04 Å². The number of carbonyl (C=O) groups is 1. The topological polar surface area (TPSA) is 61.5 Å². The van der Waals surface area contributed by atoms with Gasteiger partial charge in [-0.05, 0) is 31.0 Å². The van der Waals surface area contributed by atoms with Gasteiger partial charge in [-0.2, -0.15) is 0 Å². The van der Waals surface area contributed by atoms with Crippen LogP contribution < -0.4 is 10.5 Å². The van der Waals surface area contributed by atoms with Crippen molar-refractivity contribution in [2.45, 2.75) is 39.2 Å². The van der Waals surface area contributed by atoms with Gasteiger partial charge in [0.05, 0.1) is 19.6 Å². The molecule has 1 unspecified atom stereocenters. The molecule has 20 heavy (non-hydrogen) atoms. The summed E-state index contributed by atoms with van der Waals surface area (Å²) in [6.45, 7) is 5.02. The van der Waals surface area contributed by atoms with Crippen molar-refractivity contribution in [2.24, 2.45) is 5.73 Å². The predicted molar refractivity (Wildman–Crippen MR) is 82.3 cm³/mol. The maximum absolute atomic E-state index is 11.3. The second kappa shape index (κ2) is 10.5. The van der Waals surface area contributed by atoms with Crippen LogP contribution in [0.15, 0.2) is 24.3 Å². The number of hydrogen-bond acceptors (Lipinski definition) is 4. The first kappa shape index (κ1) is 18.7. The number of carbonyl (C=O) groups excluding carboxylic acids is 1. The van der Waals surface area contributed by atoms with Crippen LogP contribution in [0.5, 0.6) is 5.75 Å². The Morgan fingerprint density at radius 2 is 1.90 bits per heavy atom. The van der Waals surface area contributed by atoms with Gasteiger partial charge in [0.25, 0.3) is 0 Å². The van der Waals surface area contributed by atoms with Crippen LogP contribution >= 0.6 is 12.4 Å². The van der Waals surface area contributed by atoms with Crippen molar-refractivity contribution in [3.05, 3.63) is 29.8 Å². The third kappa shape index (κ3) is 6.78. The first-order chi connectivity index (χ1) is 9.17. The summed E-state index contributed by atoms with van der Waals surface area (Å²) in [7, 11) is 0. The molecular formula is C15H24ClNO3. The van der Waals surface area contributed by atoms with E-state index in [2.05, 4.69) is 6.92 Å². The van der Waals surface area contributed by atoms with E-state index >= 15 is 0 Å². The zero-order valence-electron chi connectivity index (χ0n) is 12.1. The average molecular weight is 302 g/mol. The summed E-state index contributed by atoms with van der Waals surface area (Å²) >= 11 is 0. The Hall–Kier alpha value is -1.26. The normalized spacial score (nSPS) is 11.3. The van der Waals surface area contributed by atoms with Gasteiger partial charge in [0.15, 0.2) is 0 Å². The molecule has 0 saturated heterocycles. The molecule has 0 heterocycles. The lowest BCUT2D eigenvalue weighted by atomic mass is 10.0. The Morgan fingerprint density at radius 1 is 1.25 bits per heavy atom. The highest BCUT2D eigenvalue weighted by Crippen LogP contribution is 2.19. The van der Waals surface area contributed by atoms with Gasteiger partial charge >= 0.3 is 5.97 Å². The molecule has 0 amide bonds. The Bertz CT molecular complexity index is 381. The van der Waals surface area contributed by atoms with Crippen LogP contribution in [-0.2, 0) is 9.53 Å². The minimum absolute atomic E-state index is 0. The van der Waals surface area contributed by atoms with Crippen LogP contribution in [0.1, 0.15) is 44.7 Å². The molecule has 4 nitrogen and oxygen atoms in total. The Labute approximate surface area is 127 Å². The standard InChI is InChI=1S/C15H23NO3.ClH/c1-3-5-10-19-13-8-6-12(7-9-13)14(16)11-15(17)18-4-2;/h6-9,14H,3-5,10-11,16H2,1-2H3;1H. The minimum Gasteiger partial charge on any atom is -0.494 e. The highest BCUT2D eigenvalue weighted by molar-refractivity contribution is 5.85. The van der Waals surface area contributed by atoms with Gasteiger partial charge in [-0.15, -0.1) is 12.4 Å². The van der Waals surface area contributed by atoms with Gasteiger partial charge in [0.1, 0.15) is 5.75 Å². The SMILES string of the molecule is CCCCOc1ccc(C(N)CC(=O)OCC)cc1.Cl. The lowest BCUT2D eigenvalue weighted by Gasteiger charge is -2.12. The molecule has 0 fully saturated rings. The molecule has 0 aliphatic heterocycles. The fourth-order valence-electron chi connectivity index (χ4n) is 1.66. The quantitative estimate of drug-likeness (QED) is 0.591. The molecule has 0 radical (unpaired) electrons. The lowest BCUT2D eigenvalue weighted by molar-refractivity contribution is -0.143. The number of hydrogen-bond donors (Lipinski definition) is 1. The van der Waals surface area contributed by atoms with Gasteiger partial charge in [-0.1, -0.05) is 25.5 Å². The second-order valence-electron chi connectivity index (χ2n) is 4.39. The Balaban J connectivity index is 0.00000361. The number of nitrogens with two attached hydrogens (primary N) is 1. The Morgan fingerprint density at radius 3 is 2.45 bits per heavy atom. The maximum Gasteiger partial charge on any atom is 0.307 e. The summed E-state index contributed by atoms with van der Waals surface area (Å²) in [5.41, 5.74) is 6.87. The molecule has 0 aliphatic carbocycles. The van der Waals surface area contributed by atoms with E-state index in [1.54, 1.807) is 6.92 Å². The van der Waals surface area contributed by atoms with Crippen molar-refractivity contribution >= 4 is 18.4 Å². The number of benzene rings is 1. The predicted octanol–water partition coefficient (Wildman–Crippen LogP) is 3.24. The molecule has 0 saturated carbocycles. The van der Waals surface area contributed by atoms with Crippen LogP contribution in [0.3, 0.4) is 0 Å². The van der Waals surface area contributed by atoms with E-state index in [0.717, 1.165) is 30.8 Å². The molecule has 1 atom stereocenters. The zero-order valence-corrected chi connectivity index (χ0v) is 12.9. The highest BCUT2D eigenvalue weighted by atomic mass is 35.5. The summed E-state index contributed by atoms with van der Waals surface area (Å²) < 4.78 is 10.4. The number of halogens is 1. The molecule has 0 spiro atoms. The number of ether oxygens (including phenoxy) is 2. The van der Waals surface area contributed by atoms with Crippen molar-refractivity contribution in [2.75, 3.05) is 13.2 Å². The van der Waals surface area contributed by atoms with E-state index in [0.29, 0.717) is 6.61 Å². The van der Waals surface area contributed by atoms with Crippen molar-refractivity contribution in [3.8, 4) is 5.75 Å². The molecule has 114 valence electrons. The van der Waals surface area contributed by atoms with Gasteiger partial charge < -0.3 is 15.2 Å². The molecule has 0 aromatic heterocycles. The van der Waals surface area contributed by atoms with Crippen LogP contribution in [0.25, 0.3) is 0 Å². The average Bonchev–Trinajstić information content (AvgIpc) is 2.40. The summed E-state index contributed by atoms with van der Waals surface area (Å²) in [5, 5.41) is 0. The van der Waals surface area contributed by atoms with Crippen LogP contribution in [0, 0.1) is 0 Å². The molecular weight excluding hydrogens is 278 g/mol. The third-order valence-corrected chi connectivity index (χ3v) is 2.77. The van der Waals surface area contributed by atoms with Gasteiger partial charge in [0.2, 0.25) is 0 Å². The number of rotatable bonds is 8. The summed E-state index contributed by atoms with van der Waals surface area (Å²) in [6.07, 6.45) is 2.36. The second-order valence-corrected chi connectivity index (χ2v) is 4.39. The first-order valence-corrected chi connectivity index (χ1v) is 6.81. The fraction of sp³-hybridized carbons (Fsp3) is 0.533. The van der Waals surface area contributed by atoms with Crippen LogP contribution in [-0.4, -0.2) is 19.2 Å². The molecule has 5 heteroatoms. The summed E-state index contributed by atoms with van der Waals surface area (Å²) in [5.74, 6) is 0.568. The largest absolute Gasteiger partial charge is 0.494 e. The number of esters is 1. The van der Waals surface area contributed by atoms with E-state index in [-0.39, 0.29) is 30.8 Å². The maximum atomic E-state index is 11.3. The smallest absolute Gasteiger partial charge is 0.307 e. The molecule has 1 aromatic rings. The van der Waals surface area contributed by atoms with Crippen molar-refractivity contribution in [1.82, 2.24) is 0 Å². The van der Waals surface area contributed by atoms with Crippen LogP contribution in [0.4, 0.5) is 0 Å². The summed E-state index contributed by atoms with van der Waals surface area (Å²) in [4.78, 5) is 11.3. The summed E-state index contributed by atoms with van der Waals surface area (Å²) in [6, 6.07) is 7.23. The van der Waals surface area contributed by atoms with E-state index in [1.165, 1.54) is 0 Å². The Kier molecular flexibility index (Phi) is 9.86. The van der Waals surface area contributed by atoms with E-state index < -0.39 is 0 Å². The third-order valence-electron chi connectivity index (χ3n) is 2.77. The van der Waals surface area contributed by atoms with Crippen LogP contribution in [0.2, 0.25) is 0 Å². The molecule has 1 rings (SSSR count).